The predicted octanol–water partition coefficient (Wildman–Crippen LogP) is 1.53. The van der Waals surface area contributed by atoms with Crippen molar-refractivity contribution in [2.24, 2.45) is 0 Å². The van der Waals surface area contributed by atoms with E-state index in [1.54, 1.807) is 0 Å². The molecule has 78 valence electrons. The summed E-state index contributed by atoms with van der Waals surface area (Å²) in [5, 5.41) is 11.7. The number of hydrogen-bond donors (Lipinski definition) is 3. The average molecular weight is 196 g/mol. The molecular weight excluding hydrogens is 180 g/mol. The van der Waals surface area contributed by atoms with E-state index in [-0.39, 0.29) is 12.5 Å². The van der Waals surface area contributed by atoms with Gasteiger partial charge in [-0.25, -0.2) is 0 Å². The predicted molar refractivity (Wildman–Crippen MR) is 54.1 cm³/mol. The van der Waals surface area contributed by atoms with Crippen LogP contribution in [0.25, 0.3) is 0 Å². The molecule has 1 aromatic heterocycles. The van der Waals surface area contributed by atoms with Crippen molar-refractivity contribution >= 4 is 5.97 Å². The van der Waals surface area contributed by atoms with Gasteiger partial charge in [0.1, 0.15) is 0 Å². The normalized spacial score (nSPS) is 12.6. The fraction of sp³-hybridized carbons (Fsp3) is 0.500. The van der Waals surface area contributed by atoms with Crippen LogP contribution in [-0.2, 0) is 4.79 Å². The van der Waals surface area contributed by atoms with Crippen LogP contribution >= 0.6 is 0 Å². The van der Waals surface area contributed by atoms with Gasteiger partial charge in [-0.1, -0.05) is 0 Å². The monoisotopic (exact) mass is 196 g/mol. The molecule has 1 aromatic rings. The van der Waals surface area contributed by atoms with Crippen LogP contribution in [0.15, 0.2) is 18.5 Å². The number of hydrogen-bond acceptors (Lipinski definition) is 2. The summed E-state index contributed by atoms with van der Waals surface area (Å²) in [6, 6.07) is 2.25. The molecule has 0 aliphatic heterocycles. The van der Waals surface area contributed by atoms with Gasteiger partial charge in [0.2, 0.25) is 0 Å². The Morgan fingerprint density at radius 3 is 3.00 bits per heavy atom. The first-order valence-electron chi connectivity index (χ1n) is 4.75. The van der Waals surface area contributed by atoms with Crippen LogP contribution in [0.1, 0.15) is 30.9 Å². The molecule has 1 rings (SSSR count). The van der Waals surface area contributed by atoms with Gasteiger partial charge in [0, 0.05) is 24.9 Å². The van der Waals surface area contributed by atoms with E-state index in [4.69, 9.17) is 5.11 Å². The van der Waals surface area contributed by atoms with E-state index in [2.05, 4.69) is 10.3 Å². The second-order valence-corrected chi connectivity index (χ2v) is 3.27. The maximum Gasteiger partial charge on any atom is 0.303 e. The summed E-state index contributed by atoms with van der Waals surface area (Å²) >= 11 is 0. The number of carboxylic acids is 1. The minimum Gasteiger partial charge on any atom is -0.481 e. The number of aromatic amines is 1. The Morgan fingerprint density at radius 1 is 1.71 bits per heavy atom. The summed E-state index contributed by atoms with van der Waals surface area (Å²) in [7, 11) is 1.89. The van der Waals surface area contributed by atoms with Crippen molar-refractivity contribution in [2.45, 2.75) is 25.3 Å². The first kappa shape index (κ1) is 10.8. The highest BCUT2D eigenvalue weighted by Crippen LogP contribution is 2.17. The molecule has 0 saturated carbocycles. The third-order valence-corrected chi connectivity index (χ3v) is 2.26. The van der Waals surface area contributed by atoms with E-state index in [0.717, 1.165) is 6.42 Å². The highest BCUT2D eigenvalue weighted by atomic mass is 16.4. The quantitative estimate of drug-likeness (QED) is 0.646. The van der Waals surface area contributed by atoms with E-state index in [1.165, 1.54) is 5.56 Å². The lowest BCUT2D eigenvalue weighted by Gasteiger charge is -2.13. The van der Waals surface area contributed by atoms with Crippen molar-refractivity contribution in [2.75, 3.05) is 7.05 Å². The van der Waals surface area contributed by atoms with E-state index in [0.29, 0.717) is 6.42 Å². The van der Waals surface area contributed by atoms with Gasteiger partial charge in [-0.15, -0.1) is 0 Å². The summed E-state index contributed by atoms with van der Waals surface area (Å²) in [6.45, 7) is 0. The standard InChI is InChI=1S/C10H16N2O2/c1-11-9(3-2-4-10(13)14)8-5-6-12-7-8/h5-7,9,11-12H,2-4H2,1H3,(H,13,14). The molecule has 14 heavy (non-hydrogen) atoms. The third-order valence-electron chi connectivity index (χ3n) is 2.26. The molecule has 0 saturated heterocycles. The Labute approximate surface area is 83.3 Å². The minimum atomic E-state index is -0.728. The van der Waals surface area contributed by atoms with Crippen molar-refractivity contribution < 1.29 is 9.90 Å². The number of rotatable bonds is 6. The number of nitrogens with one attached hydrogen (secondary N) is 2. The van der Waals surface area contributed by atoms with Crippen molar-refractivity contribution in [1.29, 1.82) is 0 Å². The Hall–Kier alpha value is -1.29. The zero-order valence-electron chi connectivity index (χ0n) is 8.29. The van der Waals surface area contributed by atoms with E-state index in [1.807, 2.05) is 25.5 Å². The van der Waals surface area contributed by atoms with Crippen LogP contribution in [0.5, 0.6) is 0 Å². The van der Waals surface area contributed by atoms with Crippen LogP contribution in [0.2, 0.25) is 0 Å². The van der Waals surface area contributed by atoms with E-state index in [9.17, 15) is 4.79 Å². The van der Waals surface area contributed by atoms with Crippen molar-refractivity contribution in [1.82, 2.24) is 10.3 Å². The first-order valence-corrected chi connectivity index (χ1v) is 4.75. The zero-order valence-corrected chi connectivity index (χ0v) is 8.29. The first-order chi connectivity index (χ1) is 6.74. The third kappa shape index (κ3) is 3.22. The molecule has 3 N–H and O–H groups in total. The minimum absolute atomic E-state index is 0.239. The molecule has 0 aliphatic rings. The van der Waals surface area contributed by atoms with Gasteiger partial charge in [0.05, 0.1) is 0 Å². The summed E-state index contributed by atoms with van der Waals surface area (Å²) < 4.78 is 0. The van der Waals surface area contributed by atoms with Crippen molar-refractivity contribution in [3.8, 4) is 0 Å². The van der Waals surface area contributed by atoms with Gasteiger partial charge in [0.15, 0.2) is 0 Å². The summed E-state index contributed by atoms with van der Waals surface area (Å²) in [5.41, 5.74) is 1.18. The van der Waals surface area contributed by atoms with Crippen LogP contribution in [0, 0.1) is 0 Å². The molecule has 4 nitrogen and oxygen atoms in total. The van der Waals surface area contributed by atoms with E-state index >= 15 is 0 Å². The average Bonchev–Trinajstić information content (AvgIpc) is 2.64. The lowest BCUT2D eigenvalue weighted by Crippen LogP contribution is -2.16. The Balaban J connectivity index is 2.36. The van der Waals surface area contributed by atoms with Crippen LogP contribution in [-0.4, -0.2) is 23.1 Å². The van der Waals surface area contributed by atoms with Gasteiger partial charge in [-0.05, 0) is 31.5 Å². The van der Waals surface area contributed by atoms with Gasteiger partial charge in [-0.2, -0.15) is 0 Å². The molecule has 1 atom stereocenters. The highest BCUT2D eigenvalue weighted by Gasteiger charge is 2.09. The number of aliphatic carboxylic acids is 1. The largest absolute Gasteiger partial charge is 0.481 e. The lowest BCUT2D eigenvalue weighted by molar-refractivity contribution is -0.137. The topological polar surface area (TPSA) is 65.1 Å². The Morgan fingerprint density at radius 2 is 2.50 bits per heavy atom. The number of aromatic nitrogens is 1. The number of carboxylic acid groups (broad SMARTS) is 1. The molecule has 1 heterocycles. The molecule has 0 amide bonds. The fourth-order valence-electron chi connectivity index (χ4n) is 1.49. The molecule has 1 unspecified atom stereocenters. The maximum absolute atomic E-state index is 10.3. The maximum atomic E-state index is 10.3. The Bertz CT molecular complexity index is 270. The second kappa shape index (κ2) is 5.44. The molecule has 0 aromatic carbocycles. The second-order valence-electron chi connectivity index (χ2n) is 3.27. The van der Waals surface area contributed by atoms with Crippen LogP contribution in [0.3, 0.4) is 0 Å². The summed E-state index contributed by atoms with van der Waals surface area (Å²) in [5.74, 6) is -0.728. The summed E-state index contributed by atoms with van der Waals surface area (Å²) in [6.07, 6.45) is 5.59. The van der Waals surface area contributed by atoms with Crippen LogP contribution in [0.4, 0.5) is 0 Å². The van der Waals surface area contributed by atoms with Crippen molar-refractivity contribution in [3.63, 3.8) is 0 Å². The summed E-state index contributed by atoms with van der Waals surface area (Å²) in [4.78, 5) is 13.3. The zero-order chi connectivity index (χ0) is 10.4. The molecular formula is C10H16N2O2. The highest BCUT2D eigenvalue weighted by molar-refractivity contribution is 5.66. The SMILES string of the molecule is CNC(CCCC(=O)O)c1cc[nH]c1. The van der Waals surface area contributed by atoms with Crippen molar-refractivity contribution in [3.05, 3.63) is 24.0 Å². The molecule has 0 bridgehead atoms. The Kier molecular flexibility index (Phi) is 4.19. The van der Waals surface area contributed by atoms with Gasteiger partial charge < -0.3 is 15.4 Å². The molecule has 0 radical (unpaired) electrons. The number of carbonyl (C=O) groups is 1. The number of H-pyrrole nitrogens is 1. The van der Waals surface area contributed by atoms with Gasteiger partial charge >= 0.3 is 5.97 Å². The van der Waals surface area contributed by atoms with E-state index < -0.39 is 5.97 Å². The van der Waals surface area contributed by atoms with Gasteiger partial charge in [0.25, 0.3) is 0 Å². The molecule has 0 fully saturated rings. The molecule has 0 aliphatic carbocycles. The lowest BCUT2D eigenvalue weighted by atomic mass is 10.0. The smallest absolute Gasteiger partial charge is 0.303 e. The molecule has 0 spiro atoms. The fourth-order valence-corrected chi connectivity index (χ4v) is 1.49. The van der Waals surface area contributed by atoms with Crippen LogP contribution < -0.4 is 5.32 Å². The van der Waals surface area contributed by atoms with Gasteiger partial charge in [-0.3, -0.25) is 4.79 Å². The molecule has 4 heteroatoms.